The molecule has 0 aliphatic rings. The van der Waals surface area contributed by atoms with E-state index in [2.05, 4.69) is 36.3 Å². The van der Waals surface area contributed by atoms with Crippen LogP contribution in [-0.4, -0.2) is 9.78 Å². The lowest BCUT2D eigenvalue weighted by atomic mass is 10.1. The van der Waals surface area contributed by atoms with Crippen molar-refractivity contribution < 1.29 is 0 Å². The van der Waals surface area contributed by atoms with Crippen molar-refractivity contribution in [1.29, 1.82) is 0 Å². The van der Waals surface area contributed by atoms with Gasteiger partial charge in [0.15, 0.2) is 0 Å². The van der Waals surface area contributed by atoms with E-state index >= 15 is 0 Å². The number of hydrogen-bond donors (Lipinski definition) is 1. The summed E-state index contributed by atoms with van der Waals surface area (Å²) in [5, 5.41) is 4.40. The fourth-order valence-corrected chi connectivity index (χ4v) is 2.03. The second kappa shape index (κ2) is 4.61. The van der Waals surface area contributed by atoms with Crippen LogP contribution in [0.5, 0.6) is 0 Å². The van der Waals surface area contributed by atoms with Crippen LogP contribution in [-0.2, 0) is 0 Å². The van der Waals surface area contributed by atoms with Crippen LogP contribution >= 0.6 is 0 Å². The number of nitrogens with zero attached hydrogens (tertiary/aromatic N) is 2. The van der Waals surface area contributed by atoms with E-state index in [9.17, 15) is 0 Å². The largest absolute Gasteiger partial charge is 0.399 e. The third-order valence-electron chi connectivity index (χ3n) is 3.10. The molecule has 0 unspecified atom stereocenters. The predicted octanol–water partition coefficient (Wildman–Crippen LogP) is 3.43. The Morgan fingerprint density at radius 1 is 1.00 bits per heavy atom. The smallest absolute Gasteiger partial charge is 0.0645 e. The molecule has 0 fully saturated rings. The standard InChI is InChI=1S/C16H15N3/c1-12-5-7-16(8-6-12)19-11-14(10-18-19)13-3-2-4-15(17)9-13/h2-11H,17H2,1H3. The highest BCUT2D eigenvalue weighted by Gasteiger charge is 2.03. The Morgan fingerprint density at radius 3 is 2.53 bits per heavy atom. The fraction of sp³-hybridized carbons (Fsp3) is 0.0625. The van der Waals surface area contributed by atoms with Gasteiger partial charge in [-0.15, -0.1) is 0 Å². The average molecular weight is 249 g/mol. The van der Waals surface area contributed by atoms with Gasteiger partial charge in [0.1, 0.15) is 0 Å². The van der Waals surface area contributed by atoms with Crippen molar-refractivity contribution in [1.82, 2.24) is 9.78 Å². The maximum atomic E-state index is 5.80. The zero-order valence-electron chi connectivity index (χ0n) is 10.7. The van der Waals surface area contributed by atoms with E-state index in [1.165, 1.54) is 5.56 Å². The van der Waals surface area contributed by atoms with E-state index in [0.29, 0.717) is 0 Å². The number of rotatable bonds is 2. The van der Waals surface area contributed by atoms with Gasteiger partial charge < -0.3 is 5.73 Å². The first-order chi connectivity index (χ1) is 9.22. The molecule has 1 aromatic heterocycles. The van der Waals surface area contributed by atoms with Gasteiger partial charge in [0.25, 0.3) is 0 Å². The van der Waals surface area contributed by atoms with Gasteiger partial charge >= 0.3 is 0 Å². The molecular formula is C16H15N3. The Bertz CT molecular complexity index is 696. The summed E-state index contributed by atoms with van der Waals surface area (Å²) >= 11 is 0. The maximum Gasteiger partial charge on any atom is 0.0645 e. The summed E-state index contributed by atoms with van der Waals surface area (Å²) in [6.45, 7) is 2.07. The topological polar surface area (TPSA) is 43.8 Å². The molecule has 94 valence electrons. The van der Waals surface area contributed by atoms with Crippen molar-refractivity contribution in [3.8, 4) is 16.8 Å². The highest BCUT2D eigenvalue weighted by atomic mass is 15.3. The Labute approximate surface area is 112 Å². The SMILES string of the molecule is Cc1ccc(-n2cc(-c3cccc(N)c3)cn2)cc1. The lowest BCUT2D eigenvalue weighted by molar-refractivity contribution is 0.880. The van der Waals surface area contributed by atoms with Gasteiger partial charge in [-0.3, -0.25) is 0 Å². The van der Waals surface area contributed by atoms with Crippen molar-refractivity contribution in [3.05, 3.63) is 66.5 Å². The quantitative estimate of drug-likeness (QED) is 0.707. The zero-order chi connectivity index (χ0) is 13.2. The maximum absolute atomic E-state index is 5.80. The van der Waals surface area contributed by atoms with Crippen LogP contribution < -0.4 is 5.73 Å². The van der Waals surface area contributed by atoms with Crippen LogP contribution in [0.4, 0.5) is 5.69 Å². The molecule has 0 aliphatic carbocycles. The molecule has 0 atom stereocenters. The first-order valence-electron chi connectivity index (χ1n) is 6.20. The molecule has 3 heteroatoms. The van der Waals surface area contributed by atoms with E-state index in [1.54, 1.807) is 0 Å². The van der Waals surface area contributed by atoms with Gasteiger partial charge in [0.05, 0.1) is 11.9 Å². The summed E-state index contributed by atoms with van der Waals surface area (Å²) in [4.78, 5) is 0. The van der Waals surface area contributed by atoms with Crippen LogP contribution in [0.3, 0.4) is 0 Å². The summed E-state index contributed by atoms with van der Waals surface area (Å²) in [5.74, 6) is 0. The fourth-order valence-electron chi connectivity index (χ4n) is 2.03. The predicted molar refractivity (Wildman–Crippen MR) is 78.1 cm³/mol. The lowest BCUT2D eigenvalue weighted by Gasteiger charge is -2.01. The molecule has 2 aromatic carbocycles. The van der Waals surface area contributed by atoms with E-state index in [-0.39, 0.29) is 0 Å². The molecule has 0 bridgehead atoms. The number of nitrogen functional groups attached to an aromatic ring is 1. The molecule has 0 saturated carbocycles. The highest BCUT2D eigenvalue weighted by Crippen LogP contribution is 2.22. The highest BCUT2D eigenvalue weighted by molar-refractivity contribution is 5.66. The Hall–Kier alpha value is -2.55. The van der Waals surface area contributed by atoms with E-state index < -0.39 is 0 Å². The van der Waals surface area contributed by atoms with Crippen molar-refractivity contribution in [2.75, 3.05) is 5.73 Å². The Balaban J connectivity index is 1.97. The molecule has 0 aliphatic heterocycles. The second-order valence-corrected chi connectivity index (χ2v) is 4.63. The summed E-state index contributed by atoms with van der Waals surface area (Å²) in [6.07, 6.45) is 3.87. The number of anilines is 1. The Morgan fingerprint density at radius 2 is 1.79 bits per heavy atom. The minimum absolute atomic E-state index is 0.764. The van der Waals surface area contributed by atoms with Crippen molar-refractivity contribution in [2.24, 2.45) is 0 Å². The molecule has 0 radical (unpaired) electrons. The summed E-state index contributed by atoms with van der Waals surface area (Å²) in [7, 11) is 0. The minimum Gasteiger partial charge on any atom is -0.399 e. The van der Waals surface area contributed by atoms with Crippen LogP contribution in [0.2, 0.25) is 0 Å². The first kappa shape index (κ1) is 11.5. The molecule has 1 heterocycles. The minimum atomic E-state index is 0.764. The molecular weight excluding hydrogens is 234 g/mol. The van der Waals surface area contributed by atoms with Crippen LogP contribution in [0.25, 0.3) is 16.8 Å². The number of hydrogen-bond acceptors (Lipinski definition) is 2. The molecule has 0 saturated heterocycles. The van der Waals surface area contributed by atoms with Crippen molar-refractivity contribution in [2.45, 2.75) is 6.92 Å². The third kappa shape index (κ3) is 2.36. The molecule has 2 N–H and O–H groups in total. The number of aryl methyl sites for hydroxylation is 1. The Kier molecular flexibility index (Phi) is 2.80. The van der Waals surface area contributed by atoms with Gasteiger partial charge in [-0.2, -0.15) is 5.10 Å². The average Bonchev–Trinajstić information content (AvgIpc) is 2.89. The van der Waals surface area contributed by atoms with Gasteiger partial charge in [0.2, 0.25) is 0 Å². The van der Waals surface area contributed by atoms with Gasteiger partial charge in [-0.05, 0) is 36.8 Å². The molecule has 0 amide bonds. The summed E-state index contributed by atoms with van der Waals surface area (Å²) < 4.78 is 1.87. The van der Waals surface area contributed by atoms with E-state index in [1.807, 2.05) is 41.3 Å². The number of benzene rings is 2. The number of nitrogens with two attached hydrogens (primary N) is 1. The second-order valence-electron chi connectivity index (χ2n) is 4.63. The summed E-state index contributed by atoms with van der Waals surface area (Å²) in [5.41, 5.74) is 11.0. The normalized spacial score (nSPS) is 10.6. The van der Waals surface area contributed by atoms with Gasteiger partial charge in [-0.1, -0.05) is 29.8 Å². The monoisotopic (exact) mass is 249 g/mol. The van der Waals surface area contributed by atoms with Crippen molar-refractivity contribution in [3.63, 3.8) is 0 Å². The van der Waals surface area contributed by atoms with Crippen LogP contribution in [0.1, 0.15) is 5.56 Å². The van der Waals surface area contributed by atoms with Crippen molar-refractivity contribution >= 4 is 5.69 Å². The van der Waals surface area contributed by atoms with Gasteiger partial charge in [0, 0.05) is 17.4 Å². The molecule has 3 nitrogen and oxygen atoms in total. The molecule has 3 aromatic rings. The van der Waals surface area contributed by atoms with E-state index in [0.717, 1.165) is 22.5 Å². The number of aromatic nitrogens is 2. The molecule has 3 rings (SSSR count). The first-order valence-corrected chi connectivity index (χ1v) is 6.20. The third-order valence-corrected chi connectivity index (χ3v) is 3.10. The van der Waals surface area contributed by atoms with Gasteiger partial charge in [-0.25, -0.2) is 4.68 Å². The van der Waals surface area contributed by atoms with Crippen LogP contribution in [0.15, 0.2) is 60.9 Å². The molecule has 0 spiro atoms. The lowest BCUT2D eigenvalue weighted by Crippen LogP contribution is -1.93. The zero-order valence-corrected chi connectivity index (χ0v) is 10.7. The summed E-state index contributed by atoms with van der Waals surface area (Å²) in [6, 6.07) is 16.1. The molecule has 19 heavy (non-hydrogen) atoms. The van der Waals surface area contributed by atoms with Crippen LogP contribution in [0, 0.1) is 6.92 Å². The van der Waals surface area contributed by atoms with E-state index in [4.69, 9.17) is 5.73 Å².